The van der Waals surface area contributed by atoms with Crippen molar-refractivity contribution in [3.63, 3.8) is 0 Å². The van der Waals surface area contributed by atoms with Gasteiger partial charge in [-0.25, -0.2) is 4.79 Å². The zero-order valence-corrected chi connectivity index (χ0v) is 10.5. The average molecular weight is 234 g/mol. The number of nitrogens with zero attached hydrogens (tertiary/aromatic N) is 1. The van der Waals surface area contributed by atoms with Crippen molar-refractivity contribution in [3.05, 3.63) is 29.3 Å². The molecule has 0 saturated heterocycles. The minimum absolute atomic E-state index is 0.275. The van der Waals surface area contributed by atoms with Crippen LogP contribution in [-0.4, -0.2) is 45.2 Å². The highest BCUT2D eigenvalue weighted by Gasteiger charge is 2.23. The summed E-state index contributed by atoms with van der Waals surface area (Å²) in [4.78, 5) is 13.6. The van der Waals surface area contributed by atoms with E-state index in [-0.39, 0.29) is 5.97 Å². The molecule has 0 aromatic heterocycles. The molecule has 0 spiro atoms. The molecule has 1 aliphatic heterocycles. The van der Waals surface area contributed by atoms with Crippen LogP contribution in [0.4, 0.5) is 5.69 Å². The van der Waals surface area contributed by atoms with E-state index in [9.17, 15) is 4.79 Å². The molecule has 0 fully saturated rings. The summed E-state index contributed by atoms with van der Waals surface area (Å²) in [6, 6.07) is 5.70. The summed E-state index contributed by atoms with van der Waals surface area (Å²) in [6.07, 6.45) is 0. The molecule has 0 radical (unpaired) electrons. The monoisotopic (exact) mass is 234 g/mol. The lowest BCUT2D eigenvalue weighted by Crippen LogP contribution is -2.21. The summed E-state index contributed by atoms with van der Waals surface area (Å²) in [5.74, 6) is 0.160. The summed E-state index contributed by atoms with van der Waals surface area (Å²) >= 11 is 0. The maximum Gasteiger partial charge on any atom is 0.337 e. The van der Waals surface area contributed by atoms with Crippen molar-refractivity contribution in [2.45, 2.75) is 5.92 Å². The van der Waals surface area contributed by atoms with E-state index < -0.39 is 0 Å². The number of fused-ring (bicyclic) bond motifs is 1. The molecule has 1 aliphatic rings. The van der Waals surface area contributed by atoms with E-state index in [2.05, 4.69) is 24.3 Å². The number of hydrogen-bond donors (Lipinski definition) is 1. The first-order chi connectivity index (χ1) is 8.11. The molecule has 0 amide bonds. The number of ether oxygens (including phenoxy) is 1. The minimum atomic E-state index is -0.275. The Morgan fingerprint density at radius 2 is 2.29 bits per heavy atom. The van der Waals surface area contributed by atoms with E-state index in [1.807, 2.05) is 12.1 Å². The van der Waals surface area contributed by atoms with Crippen molar-refractivity contribution in [1.29, 1.82) is 0 Å². The maximum atomic E-state index is 11.5. The molecule has 4 heteroatoms. The lowest BCUT2D eigenvalue weighted by atomic mass is 9.99. The third-order valence-corrected chi connectivity index (χ3v) is 3.04. The molecule has 1 aromatic carbocycles. The smallest absolute Gasteiger partial charge is 0.337 e. The molecule has 0 bridgehead atoms. The van der Waals surface area contributed by atoms with Gasteiger partial charge >= 0.3 is 5.97 Å². The molecule has 0 saturated carbocycles. The number of likely N-dealkylation sites (N-methyl/N-ethyl adjacent to an activating group) is 1. The Kier molecular flexibility index (Phi) is 3.33. The van der Waals surface area contributed by atoms with Gasteiger partial charge in [0.15, 0.2) is 0 Å². The number of rotatable bonds is 3. The lowest BCUT2D eigenvalue weighted by molar-refractivity contribution is 0.0600. The lowest BCUT2D eigenvalue weighted by Gasteiger charge is -2.16. The largest absolute Gasteiger partial charge is 0.465 e. The van der Waals surface area contributed by atoms with E-state index in [1.165, 1.54) is 12.7 Å². The van der Waals surface area contributed by atoms with Crippen LogP contribution >= 0.6 is 0 Å². The number of carbonyl (C=O) groups excluding carboxylic acids is 1. The standard InChI is InChI=1S/C13H18N2O2/c1-15(2)8-10-7-14-12-5-4-9(6-11(10)12)13(16)17-3/h4-6,10,14H,7-8H2,1-3H3. The van der Waals surface area contributed by atoms with Gasteiger partial charge in [-0.1, -0.05) is 0 Å². The third-order valence-electron chi connectivity index (χ3n) is 3.04. The first kappa shape index (κ1) is 11.9. The van der Waals surface area contributed by atoms with Crippen LogP contribution < -0.4 is 5.32 Å². The van der Waals surface area contributed by atoms with Crippen molar-refractivity contribution in [2.75, 3.05) is 39.6 Å². The van der Waals surface area contributed by atoms with Crippen molar-refractivity contribution >= 4 is 11.7 Å². The van der Waals surface area contributed by atoms with E-state index in [4.69, 9.17) is 4.74 Å². The highest BCUT2D eigenvalue weighted by Crippen LogP contribution is 2.32. The molecule has 17 heavy (non-hydrogen) atoms. The highest BCUT2D eigenvalue weighted by atomic mass is 16.5. The SMILES string of the molecule is COC(=O)c1ccc2c(c1)C(CN(C)C)CN2. The van der Waals surface area contributed by atoms with Crippen LogP contribution in [0.5, 0.6) is 0 Å². The van der Waals surface area contributed by atoms with E-state index >= 15 is 0 Å². The zero-order valence-electron chi connectivity index (χ0n) is 10.5. The van der Waals surface area contributed by atoms with Gasteiger partial charge in [-0.15, -0.1) is 0 Å². The number of anilines is 1. The quantitative estimate of drug-likeness (QED) is 0.806. The fourth-order valence-corrected chi connectivity index (χ4v) is 2.25. The molecule has 1 heterocycles. The van der Waals surface area contributed by atoms with Crippen LogP contribution in [0.1, 0.15) is 21.8 Å². The Labute approximate surface area is 102 Å². The Balaban J connectivity index is 2.27. The van der Waals surface area contributed by atoms with Gasteiger partial charge in [-0.2, -0.15) is 0 Å². The van der Waals surface area contributed by atoms with Crippen LogP contribution in [0.25, 0.3) is 0 Å². The molecule has 2 rings (SSSR count). The Hall–Kier alpha value is -1.55. The normalized spacial score (nSPS) is 17.8. The van der Waals surface area contributed by atoms with Gasteiger partial charge in [-0.05, 0) is 37.9 Å². The third kappa shape index (κ3) is 2.42. The highest BCUT2D eigenvalue weighted by molar-refractivity contribution is 5.90. The van der Waals surface area contributed by atoms with Crippen LogP contribution in [0.3, 0.4) is 0 Å². The number of esters is 1. The van der Waals surface area contributed by atoms with Gasteiger partial charge in [0.1, 0.15) is 0 Å². The summed E-state index contributed by atoms with van der Waals surface area (Å²) in [6.45, 7) is 1.91. The fraction of sp³-hybridized carbons (Fsp3) is 0.462. The number of carbonyl (C=O) groups is 1. The predicted molar refractivity (Wildman–Crippen MR) is 67.6 cm³/mol. The predicted octanol–water partition coefficient (Wildman–Crippen LogP) is 1.54. The summed E-state index contributed by atoms with van der Waals surface area (Å²) in [5, 5.41) is 3.36. The number of methoxy groups -OCH3 is 1. The molecule has 1 unspecified atom stereocenters. The van der Waals surface area contributed by atoms with E-state index in [0.717, 1.165) is 18.8 Å². The van der Waals surface area contributed by atoms with Crippen molar-refractivity contribution in [2.24, 2.45) is 0 Å². The van der Waals surface area contributed by atoms with Gasteiger partial charge in [-0.3, -0.25) is 0 Å². The first-order valence-electron chi connectivity index (χ1n) is 5.72. The second-order valence-corrected chi connectivity index (χ2v) is 4.63. The molecule has 0 aliphatic carbocycles. The maximum absolute atomic E-state index is 11.5. The Morgan fingerprint density at radius 3 is 2.94 bits per heavy atom. The molecule has 1 N–H and O–H groups in total. The Bertz CT molecular complexity index is 429. The summed E-state index contributed by atoms with van der Waals surface area (Å²) in [5.41, 5.74) is 2.96. The number of nitrogens with one attached hydrogen (secondary N) is 1. The average Bonchev–Trinajstić information content (AvgIpc) is 2.70. The van der Waals surface area contributed by atoms with E-state index in [1.54, 1.807) is 6.07 Å². The van der Waals surface area contributed by atoms with Crippen LogP contribution in [-0.2, 0) is 4.74 Å². The molecular weight excluding hydrogens is 216 g/mol. The van der Waals surface area contributed by atoms with Crippen molar-refractivity contribution < 1.29 is 9.53 Å². The number of benzene rings is 1. The van der Waals surface area contributed by atoms with Crippen LogP contribution in [0.15, 0.2) is 18.2 Å². The van der Waals surface area contributed by atoms with Crippen molar-refractivity contribution in [1.82, 2.24) is 4.90 Å². The zero-order chi connectivity index (χ0) is 12.4. The van der Waals surface area contributed by atoms with Gasteiger partial charge in [0, 0.05) is 24.7 Å². The van der Waals surface area contributed by atoms with Gasteiger partial charge in [0.25, 0.3) is 0 Å². The topological polar surface area (TPSA) is 41.6 Å². The minimum Gasteiger partial charge on any atom is -0.465 e. The van der Waals surface area contributed by atoms with Gasteiger partial charge in [0.05, 0.1) is 12.7 Å². The molecular formula is C13H18N2O2. The Morgan fingerprint density at radius 1 is 1.53 bits per heavy atom. The van der Waals surface area contributed by atoms with Gasteiger partial charge < -0.3 is 15.0 Å². The van der Waals surface area contributed by atoms with Crippen LogP contribution in [0.2, 0.25) is 0 Å². The molecule has 1 atom stereocenters. The molecule has 92 valence electrons. The summed E-state index contributed by atoms with van der Waals surface area (Å²) in [7, 11) is 5.52. The molecule has 4 nitrogen and oxygen atoms in total. The fourth-order valence-electron chi connectivity index (χ4n) is 2.25. The summed E-state index contributed by atoms with van der Waals surface area (Å²) < 4.78 is 4.74. The number of hydrogen-bond acceptors (Lipinski definition) is 4. The second kappa shape index (κ2) is 4.75. The van der Waals surface area contributed by atoms with Crippen molar-refractivity contribution in [3.8, 4) is 0 Å². The van der Waals surface area contributed by atoms with E-state index in [0.29, 0.717) is 11.5 Å². The van der Waals surface area contributed by atoms with Gasteiger partial charge in [0.2, 0.25) is 0 Å². The van der Waals surface area contributed by atoms with Crippen LogP contribution in [0, 0.1) is 0 Å². The first-order valence-corrected chi connectivity index (χ1v) is 5.72. The second-order valence-electron chi connectivity index (χ2n) is 4.63. The molecule has 1 aromatic rings.